The van der Waals surface area contributed by atoms with Crippen LogP contribution in [0.3, 0.4) is 0 Å². The fraction of sp³-hybridized carbons (Fsp3) is 0.364. The fourth-order valence-corrected chi connectivity index (χ4v) is 1.97. The Morgan fingerprint density at radius 3 is 2.93 bits per heavy atom. The van der Waals surface area contributed by atoms with Crippen molar-refractivity contribution >= 4 is 11.7 Å². The Morgan fingerprint density at radius 1 is 1.60 bits per heavy atom. The zero-order valence-electron chi connectivity index (χ0n) is 8.53. The van der Waals surface area contributed by atoms with Crippen molar-refractivity contribution in [3.63, 3.8) is 0 Å². The van der Waals surface area contributed by atoms with E-state index < -0.39 is 11.5 Å². The number of nitrogens with one attached hydrogen (secondary N) is 1. The van der Waals surface area contributed by atoms with Crippen molar-refractivity contribution in [3.8, 4) is 0 Å². The monoisotopic (exact) mass is 206 g/mol. The molecule has 80 valence electrons. The van der Waals surface area contributed by atoms with Crippen molar-refractivity contribution in [2.45, 2.75) is 18.4 Å². The van der Waals surface area contributed by atoms with Gasteiger partial charge >= 0.3 is 5.97 Å². The second kappa shape index (κ2) is 3.24. The normalized spacial score (nSPS) is 22.7. The van der Waals surface area contributed by atoms with E-state index in [1.807, 2.05) is 24.3 Å². The number of aliphatic carboxylic acids is 1. The van der Waals surface area contributed by atoms with Crippen LogP contribution in [0, 0.1) is 0 Å². The molecule has 0 aliphatic carbocycles. The number of hydrogen-bond donors (Lipinski definition) is 3. The number of rotatable bonds is 2. The van der Waals surface area contributed by atoms with E-state index in [1.54, 1.807) is 6.92 Å². The molecular formula is C11H14N2O2. The highest BCUT2D eigenvalue weighted by atomic mass is 16.4. The van der Waals surface area contributed by atoms with Crippen LogP contribution in [-0.2, 0) is 4.79 Å². The summed E-state index contributed by atoms with van der Waals surface area (Å²) in [6.45, 7) is 2.14. The molecule has 4 nitrogen and oxygen atoms in total. The molecule has 0 bridgehead atoms. The van der Waals surface area contributed by atoms with Crippen molar-refractivity contribution in [3.05, 3.63) is 29.8 Å². The number of carbonyl (C=O) groups is 1. The van der Waals surface area contributed by atoms with E-state index in [4.69, 9.17) is 10.8 Å². The second-order valence-corrected chi connectivity index (χ2v) is 4.11. The van der Waals surface area contributed by atoms with Gasteiger partial charge in [-0.25, -0.2) is 0 Å². The number of benzene rings is 1. The predicted molar refractivity (Wildman–Crippen MR) is 57.9 cm³/mol. The fourth-order valence-electron chi connectivity index (χ4n) is 1.97. The maximum atomic E-state index is 11.1. The van der Waals surface area contributed by atoms with Gasteiger partial charge < -0.3 is 16.2 Å². The Morgan fingerprint density at radius 2 is 2.27 bits per heavy atom. The molecule has 1 aliphatic heterocycles. The van der Waals surface area contributed by atoms with Gasteiger partial charge in [0.25, 0.3) is 0 Å². The third kappa shape index (κ3) is 1.47. The molecule has 0 saturated carbocycles. The summed E-state index contributed by atoms with van der Waals surface area (Å²) in [5.74, 6) is -1.14. The molecule has 1 aliphatic rings. The molecule has 0 aromatic heterocycles. The first kappa shape index (κ1) is 9.98. The first-order valence-corrected chi connectivity index (χ1v) is 4.88. The number of carboxylic acid groups (broad SMARTS) is 1. The standard InChI is InChI=1S/C11H14N2O2/c1-11(12,10(14)15)8-6-13-9-5-3-2-4-7(8)9/h2-5,8,13H,6,12H2,1H3,(H,14,15). The van der Waals surface area contributed by atoms with Crippen LogP contribution in [0.1, 0.15) is 18.4 Å². The first-order chi connectivity index (χ1) is 7.03. The Hall–Kier alpha value is -1.55. The minimum Gasteiger partial charge on any atom is -0.480 e. The summed E-state index contributed by atoms with van der Waals surface area (Å²) in [4.78, 5) is 11.1. The van der Waals surface area contributed by atoms with E-state index in [-0.39, 0.29) is 5.92 Å². The molecule has 2 atom stereocenters. The number of hydrogen-bond acceptors (Lipinski definition) is 3. The lowest BCUT2D eigenvalue weighted by atomic mass is 9.83. The van der Waals surface area contributed by atoms with Crippen LogP contribution >= 0.6 is 0 Å². The molecule has 1 aromatic rings. The zero-order valence-corrected chi connectivity index (χ0v) is 8.53. The molecule has 15 heavy (non-hydrogen) atoms. The molecule has 4 N–H and O–H groups in total. The van der Waals surface area contributed by atoms with Gasteiger partial charge in [-0.15, -0.1) is 0 Å². The summed E-state index contributed by atoms with van der Waals surface area (Å²) in [6.07, 6.45) is 0. The average Bonchev–Trinajstić information content (AvgIpc) is 2.61. The van der Waals surface area contributed by atoms with E-state index in [1.165, 1.54) is 0 Å². The lowest BCUT2D eigenvalue weighted by molar-refractivity contribution is -0.143. The third-order valence-corrected chi connectivity index (χ3v) is 3.02. The van der Waals surface area contributed by atoms with Gasteiger partial charge in [0, 0.05) is 18.2 Å². The van der Waals surface area contributed by atoms with Crippen LogP contribution in [-0.4, -0.2) is 23.2 Å². The highest BCUT2D eigenvalue weighted by Crippen LogP contribution is 2.37. The van der Waals surface area contributed by atoms with Gasteiger partial charge in [-0.1, -0.05) is 18.2 Å². The van der Waals surface area contributed by atoms with Gasteiger partial charge in [0.15, 0.2) is 0 Å². The second-order valence-electron chi connectivity index (χ2n) is 4.11. The molecule has 2 unspecified atom stereocenters. The van der Waals surface area contributed by atoms with Gasteiger partial charge in [-0.3, -0.25) is 4.79 Å². The van der Waals surface area contributed by atoms with Crippen molar-refractivity contribution < 1.29 is 9.90 Å². The van der Waals surface area contributed by atoms with Crippen LogP contribution in [0.4, 0.5) is 5.69 Å². The Labute approximate surface area is 88.1 Å². The topological polar surface area (TPSA) is 75.4 Å². The van der Waals surface area contributed by atoms with E-state index in [2.05, 4.69) is 5.32 Å². The number of nitrogens with two attached hydrogens (primary N) is 1. The summed E-state index contributed by atoms with van der Waals surface area (Å²) in [6, 6.07) is 7.68. The van der Waals surface area contributed by atoms with Crippen molar-refractivity contribution in [1.29, 1.82) is 0 Å². The molecule has 1 aromatic carbocycles. The molecule has 0 fully saturated rings. The third-order valence-electron chi connectivity index (χ3n) is 3.02. The van der Waals surface area contributed by atoms with Gasteiger partial charge in [-0.2, -0.15) is 0 Å². The Balaban J connectivity index is 2.39. The molecule has 0 amide bonds. The van der Waals surface area contributed by atoms with Gasteiger partial charge in [0.1, 0.15) is 5.54 Å². The average molecular weight is 206 g/mol. The lowest BCUT2D eigenvalue weighted by Gasteiger charge is -2.26. The van der Waals surface area contributed by atoms with E-state index >= 15 is 0 Å². The highest BCUT2D eigenvalue weighted by Gasteiger charge is 2.41. The zero-order chi connectivity index (χ0) is 11.1. The summed E-state index contributed by atoms with van der Waals surface area (Å²) in [5.41, 5.74) is 6.59. The number of carboxylic acids is 1. The van der Waals surface area contributed by atoms with Crippen molar-refractivity contribution in [2.75, 3.05) is 11.9 Å². The van der Waals surface area contributed by atoms with Crippen LogP contribution in [0.2, 0.25) is 0 Å². The van der Waals surface area contributed by atoms with Gasteiger partial charge in [0.2, 0.25) is 0 Å². The summed E-state index contributed by atoms with van der Waals surface area (Å²) >= 11 is 0. The van der Waals surface area contributed by atoms with Gasteiger partial charge in [-0.05, 0) is 18.6 Å². The Kier molecular flexibility index (Phi) is 2.16. The maximum absolute atomic E-state index is 11.1. The summed E-state index contributed by atoms with van der Waals surface area (Å²) in [7, 11) is 0. The Bertz CT molecular complexity index is 401. The molecule has 0 spiro atoms. The van der Waals surface area contributed by atoms with E-state index in [9.17, 15) is 4.79 Å². The van der Waals surface area contributed by atoms with Crippen LogP contribution in [0.25, 0.3) is 0 Å². The first-order valence-electron chi connectivity index (χ1n) is 4.88. The number of fused-ring (bicyclic) bond motifs is 1. The smallest absolute Gasteiger partial charge is 0.324 e. The minimum atomic E-state index is -1.22. The maximum Gasteiger partial charge on any atom is 0.324 e. The molecule has 1 heterocycles. The number of para-hydroxylation sites is 1. The van der Waals surface area contributed by atoms with Crippen LogP contribution in [0.5, 0.6) is 0 Å². The predicted octanol–water partition coefficient (Wildman–Crippen LogP) is 0.998. The molecule has 0 saturated heterocycles. The quantitative estimate of drug-likeness (QED) is 0.674. The van der Waals surface area contributed by atoms with Crippen molar-refractivity contribution in [2.24, 2.45) is 5.73 Å². The minimum absolute atomic E-state index is 0.175. The van der Waals surface area contributed by atoms with Crippen molar-refractivity contribution in [1.82, 2.24) is 0 Å². The van der Waals surface area contributed by atoms with E-state index in [0.29, 0.717) is 6.54 Å². The lowest BCUT2D eigenvalue weighted by Crippen LogP contribution is -2.50. The van der Waals surface area contributed by atoms with Crippen LogP contribution in [0.15, 0.2) is 24.3 Å². The van der Waals surface area contributed by atoms with Crippen LogP contribution < -0.4 is 11.1 Å². The number of anilines is 1. The van der Waals surface area contributed by atoms with E-state index in [0.717, 1.165) is 11.3 Å². The largest absolute Gasteiger partial charge is 0.480 e. The molecular weight excluding hydrogens is 192 g/mol. The molecule has 4 heteroatoms. The SMILES string of the molecule is CC(N)(C(=O)O)C1CNc2ccccc21. The molecule has 0 radical (unpaired) electrons. The summed E-state index contributed by atoms with van der Waals surface area (Å²) in [5, 5.41) is 12.2. The highest BCUT2D eigenvalue weighted by molar-refractivity contribution is 5.81. The summed E-state index contributed by atoms with van der Waals surface area (Å²) < 4.78 is 0. The molecule has 2 rings (SSSR count). The van der Waals surface area contributed by atoms with Gasteiger partial charge in [0.05, 0.1) is 0 Å².